The average Bonchev–Trinajstić information content (AvgIpc) is 2.66. The number of carbonyl (C=O) groups is 3. The maximum absolute atomic E-state index is 13.0. The van der Waals surface area contributed by atoms with Crippen LogP contribution in [0, 0.1) is 12.8 Å². The first-order valence-corrected chi connectivity index (χ1v) is 12.1. The van der Waals surface area contributed by atoms with E-state index in [4.69, 9.17) is 4.74 Å². The molecule has 2 fully saturated rings. The Balaban J connectivity index is 1.95. The first kappa shape index (κ1) is 21.8. The number of Topliss-reactive ketones (excluding diaryl/α,β-unsaturated/α-hetero) is 3. The molecule has 1 aromatic rings. The third-order valence-corrected chi connectivity index (χ3v) is 7.17. The number of sulfone groups is 1. The van der Waals surface area contributed by atoms with E-state index in [1.165, 1.54) is 18.6 Å². The van der Waals surface area contributed by atoms with Gasteiger partial charge in [-0.15, -0.1) is 0 Å². The van der Waals surface area contributed by atoms with E-state index in [1.54, 1.807) is 6.92 Å². The minimum Gasteiger partial charge on any atom is -0.373 e. The quantitative estimate of drug-likeness (QED) is 0.517. The van der Waals surface area contributed by atoms with Crippen molar-refractivity contribution in [2.45, 2.75) is 75.9 Å². The summed E-state index contributed by atoms with van der Waals surface area (Å²) in [5.41, 5.74) is 1.15. The van der Waals surface area contributed by atoms with Crippen LogP contribution in [-0.4, -0.2) is 38.1 Å². The molecule has 158 valence electrons. The molecule has 0 unspecified atom stereocenters. The summed E-state index contributed by atoms with van der Waals surface area (Å²) in [6.07, 6.45) is 7.38. The third-order valence-electron chi connectivity index (χ3n) is 5.99. The van der Waals surface area contributed by atoms with Gasteiger partial charge in [-0.2, -0.15) is 0 Å². The zero-order chi connectivity index (χ0) is 21.2. The van der Waals surface area contributed by atoms with Crippen LogP contribution in [0.4, 0.5) is 0 Å². The van der Waals surface area contributed by atoms with E-state index >= 15 is 0 Å². The van der Waals surface area contributed by atoms with Crippen LogP contribution in [0.25, 0.3) is 0 Å². The fourth-order valence-corrected chi connectivity index (χ4v) is 5.29. The number of benzene rings is 1. The molecule has 3 rings (SSSR count). The topological polar surface area (TPSA) is 94.6 Å². The third kappa shape index (κ3) is 4.83. The summed E-state index contributed by atoms with van der Waals surface area (Å²) in [6.45, 7) is 1.76. The summed E-state index contributed by atoms with van der Waals surface area (Å²) in [4.78, 5) is 37.6. The van der Waals surface area contributed by atoms with E-state index in [-0.39, 0.29) is 47.6 Å². The van der Waals surface area contributed by atoms with Crippen LogP contribution in [0.3, 0.4) is 0 Å². The predicted molar refractivity (Wildman–Crippen MR) is 108 cm³/mol. The minimum absolute atomic E-state index is 0.0800. The van der Waals surface area contributed by atoms with E-state index in [1.807, 2.05) is 0 Å². The van der Waals surface area contributed by atoms with Gasteiger partial charge in [0.25, 0.3) is 0 Å². The lowest BCUT2D eigenvalue weighted by Gasteiger charge is -2.24. The highest BCUT2D eigenvalue weighted by atomic mass is 32.2. The van der Waals surface area contributed by atoms with Crippen molar-refractivity contribution >= 4 is 27.2 Å². The van der Waals surface area contributed by atoms with Crippen LogP contribution in [0.5, 0.6) is 0 Å². The lowest BCUT2D eigenvalue weighted by Crippen LogP contribution is -2.35. The molecule has 0 spiro atoms. The highest BCUT2D eigenvalue weighted by Crippen LogP contribution is 2.30. The first-order chi connectivity index (χ1) is 13.7. The van der Waals surface area contributed by atoms with Crippen molar-refractivity contribution in [3.63, 3.8) is 0 Å². The molecule has 0 heterocycles. The zero-order valence-corrected chi connectivity index (χ0v) is 17.8. The van der Waals surface area contributed by atoms with Crippen molar-refractivity contribution in [1.82, 2.24) is 0 Å². The van der Waals surface area contributed by atoms with Crippen LogP contribution in [-0.2, 0) is 30.8 Å². The fraction of sp³-hybridized carbons (Fsp3) is 0.591. The molecule has 0 amide bonds. The van der Waals surface area contributed by atoms with Crippen molar-refractivity contribution in [1.29, 1.82) is 0 Å². The Kier molecular flexibility index (Phi) is 6.69. The molecule has 0 radical (unpaired) electrons. The predicted octanol–water partition coefficient (Wildman–Crippen LogP) is 3.37. The molecule has 2 aliphatic rings. The van der Waals surface area contributed by atoms with Crippen LogP contribution < -0.4 is 0 Å². The summed E-state index contributed by atoms with van der Waals surface area (Å²) < 4.78 is 30.6. The molecule has 0 aliphatic heterocycles. The van der Waals surface area contributed by atoms with Gasteiger partial charge < -0.3 is 4.74 Å². The van der Waals surface area contributed by atoms with Gasteiger partial charge in [-0.1, -0.05) is 19.3 Å². The maximum atomic E-state index is 13.0. The first-order valence-electron chi connectivity index (χ1n) is 10.2. The monoisotopic (exact) mass is 420 g/mol. The van der Waals surface area contributed by atoms with Gasteiger partial charge >= 0.3 is 0 Å². The molecule has 0 atom stereocenters. The standard InChI is InChI=1S/C22H28O6S/c1-14-16(22(25)21-18(23)9-6-10-19(21)24)11-12-20(29(2,26)27)17(14)13-28-15-7-4-3-5-8-15/h11-12,15,21H,3-10,13H2,1-2H3. The number of rotatable bonds is 6. The highest BCUT2D eigenvalue weighted by Gasteiger charge is 2.37. The summed E-state index contributed by atoms with van der Waals surface area (Å²) in [5, 5.41) is 0. The van der Waals surface area contributed by atoms with Crippen molar-refractivity contribution in [2.24, 2.45) is 5.92 Å². The van der Waals surface area contributed by atoms with Crippen molar-refractivity contribution in [3.8, 4) is 0 Å². The molecule has 0 N–H and O–H groups in total. The molecule has 0 bridgehead atoms. The maximum Gasteiger partial charge on any atom is 0.181 e. The molecule has 0 aromatic heterocycles. The van der Waals surface area contributed by atoms with Crippen LogP contribution in [0.2, 0.25) is 0 Å². The van der Waals surface area contributed by atoms with Crippen molar-refractivity contribution < 1.29 is 27.5 Å². The Morgan fingerprint density at radius 3 is 2.24 bits per heavy atom. The van der Waals surface area contributed by atoms with E-state index in [9.17, 15) is 22.8 Å². The van der Waals surface area contributed by atoms with E-state index < -0.39 is 21.5 Å². The number of ketones is 3. The Morgan fingerprint density at radius 2 is 1.66 bits per heavy atom. The lowest BCUT2D eigenvalue weighted by atomic mass is 9.80. The lowest BCUT2D eigenvalue weighted by molar-refractivity contribution is -0.133. The molecular weight excluding hydrogens is 392 g/mol. The smallest absolute Gasteiger partial charge is 0.181 e. The summed E-state index contributed by atoms with van der Waals surface area (Å²) in [7, 11) is -3.52. The largest absolute Gasteiger partial charge is 0.373 e. The highest BCUT2D eigenvalue weighted by molar-refractivity contribution is 7.90. The molecule has 0 saturated heterocycles. The van der Waals surface area contributed by atoms with Crippen LogP contribution in [0.15, 0.2) is 17.0 Å². The van der Waals surface area contributed by atoms with Gasteiger partial charge in [0.2, 0.25) is 0 Å². The van der Waals surface area contributed by atoms with Gasteiger partial charge in [0.05, 0.1) is 17.6 Å². The zero-order valence-electron chi connectivity index (χ0n) is 17.0. The second-order valence-electron chi connectivity index (χ2n) is 8.14. The van der Waals surface area contributed by atoms with Crippen LogP contribution in [0.1, 0.15) is 72.9 Å². The van der Waals surface area contributed by atoms with Gasteiger partial charge in [-0.25, -0.2) is 8.42 Å². The number of ether oxygens (including phenoxy) is 1. The summed E-state index contributed by atoms with van der Waals surface area (Å²) in [6, 6.07) is 2.82. The number of carbonyl (C=O) groups excluding carboxylic acids is 3. The van der Waals surface area contributed by atoms with Crippen molar-refractivity contribution in [2.75, 3.05) is 6.26 Å². The number of hydrogen-bond donors (Lipinski definition) is 0. The Labute approximate surface area is 171 Å². The van der Waals surface area contributed by atoms with Crippen molar-refractivity contribution in [3.05, 3.63) is 28.8 Å². The normalized spacial score (nSPS) is 19.5. The SMILES string of the molecule is Cc1c(C(=O)C2C(=O)CCCC2=O)ccc(S(C)(=O)=O)c1COC1CCCCC1. The molecule has 2 saturated carbocycles. The van der Waals surface area contributed by atoms with Gasteiger partial charge in [-0.05, 0) is 49.4 Å². The summed E-state index contributed by atoms with van der Waals surface area (Å²) >= 11 is 0. The Morgan fingerprint density at radius 1 is 1.03 bits per heavy atom. The average molecular weight is 421 g/mol. The van der Waals surface area contributed by atoms with Crippen LogP contribution >= 0.6 is 0 Å². The molecule has 2 aliphatic carbocycles. The second-order valence-corrected chi connectivity index (χ2v) is 10.1. The van der Waals surface area contributed by atoms with Gasteiger partial charge in [0.1, 0.15) is 5.92 Å². The molecule has 29 heavy (non-hydrogen) atoms. The Bertz CT molecular complexity index is 909. The summed E-state index contributed by atoms with van der Waals surface area (Å²) in [5.74, 6) is -2.49. The fourth-order valence-electron chi connectivity index (χ4n) is 4.31. The second kappa shape index (κ2) is 8.88. The van der Waals surface area contributed by atoms with E-state index in [0.29, 0.717) is 17.5 Å². The van der Waals surface area contributed by atoms with Gasteiger partial charge in [-0.3, -0.25) is 14.4 Å². The van der Waals surface area contributed by atoms with Gasteiger partial charge in [0.15, 0.2) is 27.2 Å². The molecule has 6 nitrogen and oxygen atoms in total. The van der Waals surface area contributed by atoms with E-state index in [2.05, 4.69) is 0 Å². The Hall–Kier alpha value is -1.86. The van der Waals surface area contributed by atoms with Gasteiger partial charge in [0, 0.05) is 24.7 Å². The number of hydrogen-bond acceptors (Lipinski definition) is 6. The molecular formula is C22H28O6S. The van der Waals surface area contributed by atoms with E-state index in [0.717, 1.165) is 31.9 Å². The molecule has 1 aromatic carbocycles. The minimum atomic E-state index is -3.52. The molecule has 7 heteroatoms.